The van der Waals surface area contributed by atoms with Gasteiger partial charge in [-0.25, -0.2) is 4.98 Å². The molecule has 2 aromatic rings. The van der Waals surface area contributed by atoms with Gasteiger partial charge in [-0.3, -0.25) is 0 Å². The smallest absolute Gasteiger partial charge is 1.00 e. The molecule has 1 aromatic heterocycles. The van der Waals surface area contributed by atoms with Gasteiger partial charge in [0.2, 0.25) is 5.88 Å². The van der Waals surface area contributed by atoms with Crippen molar-refractivity contribution >= 4 is 10.9 Å². The van der Waals surface area contributed by atoms with E-state index in [0.29, 0.717) is 11.4 Å². The molecule has 0 spiro atoms. The Kier molecular flexibility index (Phi) is 3.75. The van der Waals surface area contributed by atoms with Gasteiger partial charge in [-0.15, -0.1) is 0 Å². The van der Waals surface area contributed by atoms with Crippen molar-refractivity contribution in [1.82, 2.24) is 4.98 Å². The average Bonchev–Trinajstić information content (AvgIpc) is 2.18. The van der Waals surface area contributed by atoms with Gasteiger partial charge >= 0.3 is 29.6 Å². The second-order valence-corrected chi connectivity index (χ2v) is 2.70. The first kappa shape index (κ1) is 11.3. The van der Waals surface area contributed by atoms with Crippen LogP contribution in [0.1, 0.15) is 1.43 Å². The molecule has 0 aliphatic heterocycles. The summed E-state index contributed by atoms with van der Waals surface area (Å²) in [5, 5.41) is 10.4. The van der Waals surface area contributed by atoms with Gasteiger partial charge in [0, 0.05) is 11.5 Å². The quantitative estimate of drug-likeness (QED) is 0.603. The summed E-state index contributed by atoms with van der Waals surface area (Å²) >= 11 is 0. The molecule has 0 aliphatic carbocycles. The number of ether oxygens (including phenoxy) is 1. The molecule has 0 amide bonds. The van der Waals surface area contributed by atoms with Crippen LogP contribution in [0.3, 0.4) is 0 Å². The molecule has 0 aliphatic rings. The first-order valence-corrected chi connectivity index (χ1v) is 3.94. The molecule has 14 heavy (non-hydrogen) atoms. The van der Waals surface area contributed by atoms with Crippen LogP contribution in [-0.4, -0.2) is 17.2 Å². The van der Waals surface area contributed by atoms with Crippen LogP contribution in [0.15, 0.2) is 30.3 Å². The van der Waals surface area contributed by atoms with Crippen LogP contribution in [0.4, 0.5) is 0 Å². The zero-order chi connectivity index (χ0) is 9.26. The number of phenols is 1. The van der Waals surface area contributed by atoms with Crippen molar-refractivity contribution in [3.8, 4) is 11.6 Å². The van der Waals surface area contributed by atoms with Crippen LogP contribution in [0, 0.1) is 0 Å². The molecule has 2 rings (SSSR count). The van der Waals surface area contributed by atoms with Gasteiger partial charge in [0.25, 0.3) is 0 Å². The fourth-order valence-corrected chi connectivity index (χ4v) is 1.23. The summed E-state index contributed by atoms with van der Waals surface area (Å²) < 4.78 is 4.96. The van der Waals surface area contributed by atoms with Gasteiger partial charge in [0.15, 0.2) is 0 Å². The molecule has 0 unspecified atom stereocenters. The second kappa shape index (κ2) is 4.64. The molecule has 1 N–H and O–H groups in total. The predicted molar refractivity (Wildman–Crippen MR) is 51.1 cm³/mol. The predicted octanol–water partition coefficient (Wildman–Crippen LogP) is -0.935. The fourth-order valence-electron chi connectivity index (χ4n) is 1.23. The van der Waals surface area contributed by atoms with Crippen molar-refractivity contribution in [2.24, 2.45) is 0 Å². The molecule has 1 heterocycles. The first-order valence-electron chi connectivity index (χ1n) is 3.94. The Balaban J connectivity index is 0.000000980. The summed E-state index contributed by atoms with van der Waals surface area (Å²) in [5.74, 6) is 0.686. The maximum Gasteiger partial charge on any atom is 1.00 e. The van der Waals surface area contributed by atoms with Gasteiger partial charge in [0.05, 0.1) is 7.11 Å². The van der Waals surface area contributed by atoms with Gasteiger partial charge < -0.3 is 11.3 Å². The van der Waals surface area contributed by atoms with Crippen molar-refractivity contribution in [2.45, 2.75) is 0 Å². The minimum Gasteiger partial charge on any atom is -1.00 e. The summed E-state index contributed by atoms with van der Waals surface area (Å²) in [4.78, 5) is 4.12. The Morgan fingerprint density at radius 1 is 1.29 bits per heavy atom. The summed E-state index contributed by atoms with van der Waals surface area (Å²) in [6, 6.07) is 8.91. The molecule has 0 bridgehead atoms. The number of pyridine rings is 1. The van der Waals surface area contributed by atoms with Crippen molar-refractivity contribution < 1.29 is 40.8 Å². The number of hydrogen-bond acceptors (Lipinski definition) is 3. The molecule has 3 nitrogen and oxygen atoms in total. The molecule has 0 saturated carbocycles. The average molecular weight is 199 g/mol. The molecule has 0 radical (unpaired) electrons. The number of aromatic nitrogens is 1. The molecular weight excluding hydrogens is 189 g/mol. The van der Waals surface area contributed by atoms with E-state index in [2.05, 4.69) is 4.98 Å². The largest absolute Gasteiger partial charge is 1.00 e. The zero-order valence-corrected chi connectivity index (χ0v) is 10.2. The zero-order valence-electron chi connectivity index (χ0n) is 9.19. The van der Waals surface area contributed by atoms with E-state index < -0.39 is 0 Å². The van der Waals surface area contributed by atoms with Gasteiger partial charge in [-0.2, -0.15) is 0 Å². The number of hydrogen-bond donors (Lipinski definition) is 1. The van der Waals surface area contributed by atoms with Gasteiger partial charge in [0.1, 0.15) is 11.3 Å². The molecule has 4 heteroatoms. The van der Waals surface area contributed by atoms with E-state index in [1.807, 2.05) is 12.1 Å². The SMILES string of the molecule is COc1ccc2cccc(O)c2n1.[H-].[Na+]. The third kappa shape index (κ3) is 2.00. The van der Waals surface area contributed by atoms with Crippen molar-refractivity contribution in [3.63, 3.8) is 0 Å². The first-order chi connectivity index (χ1) is 6.31. The number of benzene rings is 1. The maximum absolute atomic E-state index is 9.47. The van der Waals surface area contributed by atoms with Crippen LogP contribution in [-0.2, 0) is 0 Å². The van der Waals surface area contributed by atoms with E-state index in [-0.39, 0.29) is 36.7 Å². The van der Waals surface area contributed by atoms with Crippen LogP contribution in [0.2, 0.25) is 0 Å². The second-order valence-electron chi connectivity index (χ2n) is 2.70. The molecule has 0 fully saturated rings. The van der Waals surface area contributed by atoms with E-state index >= 15 is 0 Å². The van der Waals surface area contributed by atoms with Crippen LogP contribution in [0.25, 0.3) is 10.9 Å². The Morgan fingerprint density at radius 3 is 2.79 bits per heavy atom. The molecular formula is C10H10NNaO2. The summed E-state index contributed by atoms with van der Waals surface area (Å²) in [6.07, 6.45) is 0. The van der Waals surface area contributed by atoms with Crippen molar-refractivity contribution in [1.29, 1.82) is 0 Å². The number of methoxy groups -OCH3 is 1. The van der Waals surface area contributed by atoms with Crippen molar-refractivity contribution in [2.75, 3.05) is 7.11 Å². The summed E-state index contributed by atoms with van der Waals surface area (Å²) in [7, 11) is 1.55. The van der Waals surface area contributed by atoms with E-state index in [1.54, 1.807) is 25.3 Å². The maximum atomic E-state index is 9.47. The summed E-state index contributed by atoms with van der Waals surface area (Å²) in [5.41, 5.74) is 0.571. The number of aromatic hydroxyl groups is 1. The Bertz CT molecular complexity index is 450. The number of nitrogens with zero attached hydrogens (tertiary/aromatic N) is 1. The number of rotatable bonds is 1. The van der Waals surface area contributed by atoms with Crippen LogP contribution < -0.4 is 34.3 Å². The minimum atomic E-state index is 0. The monoisotopic (exact) mass is 199 g/mol. The minimum absolute atomic E-state index is 0. The van der Waals surface area contributed by atoms with Gasteiger partial charge in [-0.05, 0) is 12.1 Å². The third-order valence-electron chi connectivity index (χ3n) is 1.88. The van der Waals surface area contributed by atoms with E-state index in [1.165, 1.54) is 0 Å². The molecule has 68 valence electrons. The normalized spacial score (nSPS) is 9.50. The number of para-hydroxylation sites is 1. The Morgan fingerprint density at radius 2 is 2.07 bits per heavy atom. The van der Waals surface area contributed by atoms with Gasteiger partial charge in [-0.1, -0.05) is 12.1 Å². The third-order valence-corrected chi connectivity index (χ3v) is 1.88. The van der Waals surface area contributed by atoms with Crippen molar-refractivity contribution in [3.05, 3.63) is 30.3 Å². The number of phenolic OH excluding ortho intramolecular Hbond substituents is 1. The molecule has 0 saturated heterocycles. The van der Waals surface area contributed by atoms with Crippen LogP contribution in [0.5, 0.6) is 11.6 Å². The van der Waals surface area contributed by atoms with Crippen LogP contribution >= 0.6 is 0 Å². The topological polar surface area (TPSA) is 42.4 Å². The fraction of sp³-hybridized carbons (Fsp3) is 0.100. The van der Waals surface area contributed by atoms with E-state index in [9.17, 15) is 5.11 Å². The molecule has 1 aromatic carbocycles. The molecule has 0 atom stereocenters. The number of fused-ring (bicyclic) bond motifs is 1. The van der Waals surface area contributed by atoms with E-state index in [0.717, 1.165) is 5.39 Å². The Labute approximate surface area is 106 Å². The van der Waals surface area contributed by atoms with E-state index in [4.69, 9.17) is 4.74 Å². The standard InChI is InChI=1S/C10H9NO2.Na.H/c1-13-9-6-5-7-3-2-4-8(12)10(7)11-9;;/h2-6,12H,1H3;;/q;+1;-1. The summed E-state index contributed by atoms with van der Waals surface area (Å²) in [6.45, 7) is 0. The Hall–Kier alpha value is -0.770.